The van der Waals surface area contributed by atoms with Gasteiger partial charge in [0.25, 0.3) is 12.3 Å². The van der Waals surface area contributed by atoms with E-state index in [1.807, 2.05) is 7.05 Å². The normalized spacial score (nSPS) is 19.4. The Balaban J connectivity index is 2.12. The summed E-state index contributed by atoms with van der Waals surface area (Å²) in [5, 5.41) is 3.07. The molecular formula is C13H19F2N3O. The second-order valence-electron chi connectivity index (χ2n) is 4.79. The van der Waals surface area contributed by atoms with Gasteiger partial charge in [-0.25, -0.2) is 8.78 Å². The smallest absolute Gasteiger partial charge is 0.270 e. The van der Waals surface area contributed by atoms with Crippen molar-refractivity contribution in [2.75, 3.05) is 20.1 Å². The van der Waals surface area contributed by atoms with Crippen LogP contribution in [0, 0.1) is 0 Å². The van der Waals surface area contributed by atoms with E-state index in [1.165, 1.54) is 10.8 Å². The van der Waals surface area contributed by atoms with E-state index in [2.05, 4.69) is 5.32 Å². The minimum Gasteiger partial charge on any atom is -0.338 e. The molecule has 2 heterocycles. The Kier molecular flexibility index (Phi) is 4.52. The number of carbonyl (C=O) groups is 1. The molecule has 4 nitrogen and oxygen atoms in total. The molecule has 0 aliphatic carbocycles. The van der Waals surface area contributed by atoms with Crippen molar-refractivity contribution in [3.63, 3.8) is 0 Å². The Labute approximate surface area is 111 Å². The molecule has 19 heavy (non-hydrogen) atoms. The summed E-state index contributed by atoms with van der Waals surface area (Å²) in [5.74, 6) is -0.150. The van der Waals surface area contributed by atoms with Gasteiger partial charge in [0.15, 0.2) is 0 Å². The van der Waals surface area contributed by atoms with Gasteiger partial charge in [-0.1, -0.05) is 0 Å². The summed E-state index contributed by atoms with van der Waals surface area (Å²) >= 11 is 0. The maximum Gasteiger partial charge on any atom is 0.270 e. The molecular weight excluding hydrogens is 252 g/mol. The van der Waals surface area contributed by atoms with Gasteiger partial charge in [-0.2, -0.15) is 0 Å². The number of alkyl halides is 2. The third-order valence-electron chi connectivity index (χ3n) is 3.46. The molecule has 1 amide bonds. The van der Waals surface area contributed by atoms with Crippen LogP contribution in [0.2, 0.25) is 0 Å². The second kappa shape index (κ2) is 6.14. The Morgan fingerprint density at radius 1 is 1.58 bits per heavy atom. The number of nitrogens with one attached hydrogen (secondary N) is 1. The van der Waals surface area contributed by atoms with Gasteiger partial charge in [-0.3, -0.25) is 4.79 Å². The Morgan fingerprint density at radius 2 is 2.37 bits per heavy atom. The van der Waals surface area contributed by atoms with Crippen LogP contribution in [0.25, 0.3) is 0 Å². The van der Waals surface area contributed by atoms with Crippen molar-refractivity contribution in [1.29, 1.82) is 0 Å². The summed E-state index contributed by atoms with van der Waals surface area (Å²) in [6.07, 6.45) is 1.00. The maximum atomic E-state index is 12.5. The minimum atomic E-state index is -2.45. The van der Waals surface area contributed by atoms with Crippen LogP contribution in [-0.4, -0.2) is 48.0 Å². The predicted molar refractivity (Wildman–Crippen MR) is 68.4 cm³/mol. The number of carbonyl (C=O) groups excluding carboxylic acids is 1. The molecule has 1 aliphatic rings. The van der Waals surface area contributed by atoms with Crippen LogP contribution in [0.5, 0.6) is 0 Å². The first-order valence-corrected chi connectivity index (χ1v) is 6.52. The first kappa shape index (κ1) is 14.0. The molecule has 1 saturated heterocycles. The zero-order valence-corrected chi connectivity index (χ0v) is 11.0. The average molecular weight is 271 g/mol. The van der Waals surface area contributed by atoms with E-state index < -0.39 is 13.0 Å². The first-order chi connectivity index (χ1) is 9.13. The number of aromatic nitrogens is 1. The fourth-order valence-electron chi connectivity index (χ4n) is 2.61. The Morgan fingerprint density at radius 3 is 3.05 bits per heavy atom. The van der Waals surface area contributed by atoms with Crippen molar-refractivity contribution >= 4 is 5.91 Å². The molecule has 1 aliphatic heterocycles. The molecule has 6 heteroatoms. The number of likely N-dealkylation sites (N-methyl/N-ethyl adjacent to an activating group) is 1. The number of rotatable bonds is 5. The summed E-state index contributed by atoms with van der Waals surface area (Å²) in [6.45, 7) is 1.00. The van der Waals surface area contributed by atoms with E-state index in [-0.39, 0.29) is 11.9 Å². The van der Waals surface area contributed by atoms with Crippen molar-refractivity contribution in [3.8, 4) is 0 Å². The van der Waals surface area contributed by atoms with Gasteiger partial charge < -0.3 is 14.8 Å². The van der Waals surface area contributed by atoms with Crippen LogP contribution in [0.4, 0.5) is 8.78 Å². The molecule has 1 fully saturated rings. The number of amides is 1. The van der Waals surface area contributed by atoms with Gasteiger partial charge >= 0.3 is 0 Å². The topological polar surface area (TPSA) is 37.3 Å². The van der Waals surface area contributed by atoms with E-state index in [4.69, 9.17) is 0 Å². The van der Waals surface area contributed by atoms with Crippen LogP contribution >= 0.6 is 0 Å². The summed E-state index contributed by atoms with van der Waals surface area (Å²) in [7, 11) is 1.85. The molecule has 2 rings (SSSR count). The zero-order valence-electron chi connectivity index (χ0n) is 11.0. The van der Waals surface area contributed by atoms with Crippen LogP contribution in [0.1, 0.15) is 23.3 Å². The lowest BCUT2D eigenvalue weighted by Gasteiger charge is -2.25. The average Bonchev–Trinajstić information content (AvgIpc) is 2.97. The largest absolute Gasteiger partial charge is 0.338 e. The van der Waals surface area contributed by atoms with Gasteiger partial charge in [0.05, 0.1) is 6.54 Å². The lowest BCUT2D eigenvalue weighted by molar-refractivity contribution is 0.0716. The molecule has 0 saturated carbocycles. The van der Waals surface area contributed by atoms with Gasteiger partial charge in [-0.05, 0) is 32.0 Å². The van der Waals surface area contributed by atoms with Crippen LogP contribution in [-0.2, 0) is 6.54 Å². The molecule has 1 aromatic rings. The fraction of sp³-hybridized carbons (Fsp3) is 0.615. The summed E-state index contributed by atoms with van der Waals surface area (Å²) in [4.78, 5) is 14.2. The minimum absolute atomic E-state index is 0.150. The summed E-state index contributed by atoms with van der Waals surface area (Å²) < 4.78 is 26.3. The monoisotopic (exact) mass is 271 g/mol. The molecule has 1 atom stereocenters. The predicted octanol–water partition coefficient (Wildman–Crippen LogP) is 1.58. The standard InChI is InChI=1S/C13H19F2N3O/c1-16-8-10-4-2-7-18(10)13(19)11-5-3-6-17(11)9-12(14)15/h3,5-6,10,12,16H,2,4,7-9H2,1H3. The molecule has 1 N–H and O–H groups in total. The molecule has 1 unspecified atom stereocenters. The highest BCUT2D eigenvalue weighted by Crippen LogP contribution is 2.20. The lowest BCUT2D eigenvalue weighted by Crippen LogP contribution is -2.41. The van der Waals surface area contributed by atoms with Crippen LogP contribution in [0.3, 0.4) is 0 Å². The highest BCUT2D eigenvalue weighted by atomic mass is 19.3. The van der Waals surface area contributed by atoms with Gasteiger partial charge in [0.2, 0.25) is 0 Å². The molecule has 0 spiro atoms. The van der Waals surface area contributed by atoms with E-state index in [0.29, 0.717) is 12.2 Å². The molecule has 1 aromatic heterocycles. The molecule has 0 aromatic carbocycles. The third kappa shape index (κ3) is 3.12. The molecule has 0 bridgehead atoms. The van der Waals surface area contributed by atoms with E-state index in [9.17, 15) is 13.6 Å². The quantitative estimate of drug-likeness (QED) is 0.883. The van der Waals surface area contributed by atoms with Crippen molar-refractivity contribution in [2.24, 2.45) is 0 Å². The van der Waals surface area contributed by atoms with Crippen LogP contribution in [0.15, 0.2) is 18.3 Å². The number of halogens is 2. The van der Waals surface area contributed by atoms with Crippen molar-refractivity contribution < 1.29 is 13.6 Å². The van der Waals surface area contributed by atoms with E-state index in [0.717, 1.165) is 19.4 Å². The van der Waals surface area contributed by atoms with Gasteiger partial charge in [0, 0.05) is 25.3 Å². The zero-order chi connectivity index (χ0) is 13.8. The molecule has 0 radical (unpaired) electrons. The van der Waals surface area contributed by atoms with Gasteiger partial charge in [-0.15, -0.1) is 0 Å². The second-order valence-corrected chi connectivity index (χ2v) is 4.79. The van der Waals surface area contributed by atoms with Crippen molar-refractivity contribution in [3.05, 3.63) is 24.0 Å². The third-order valence-corrected chi connectivity index (χ3v) is 3.46. The van der Waals surface area contributed by atoms with Crippen molar-refractivity contribution in [2.45, 2.75) is 31.9 Å². The number of likely N-dealkylation sites (tertiary alicyclic amines) is 1. The molecule has 106 valence electrons. The Bertz CT molecular complexity index is 433. The number of hydrogen-bond acceptors (Lipinski definition) is 2. The highest BCUT2D eigenvalue weighted by Gasteiger charge is 2.30. The lowest BCUT2D eigenvalue weighted by atomic mass is 10.2. The number of nitrogens with zero attached hydrogens (tertiary/aromatic N) is 2. The number of hydrogen-bond donors (Lipinski definition) is 1. The maximum absolute atomic E-state index is 12.5. The van der Waals surface area contributed by atoms with Crippen LogP contribution < -0.4 is 5.32 Å². The first-order valence-electron chi connectivity index (χ1n) is 6.52. The van der Waals surface area contributed by atoms with Gasteiger partial charge in [0.1, 0.15) is 5.69 Å². The van der Waals surface area contributed by atoms with Crippen molar-refractivity contribution in [1.82, 2.24) is 14.8 Å². The fourth-order valence-corrected chi connectivity index (χ4v) is 2.61. The SMILES string of the molecule is CNCC1CCCN1C(=O)c1cccn1CC(F)F. The highest BCUT2D eigenvalue weighted by molar-refractivity contribution is 5.93. The summed E-state index contributed by atoms with van der Waals surface area (Å²) in [5.41, 5.74) is 0.350. The Hall–Kier alpha value is -1.43. The van der Waals surface area contributed by atoms with E-state index in [1.54, 1.807) is 17.0 Å². The van der Waals surface area contributed by atoms with E-state index >= 15 is 0 Å². The summed E-state index contributed by atoms with van der Waals surface area (Å²) in [6, 6.07) is 3.41.